The van der Waals surface area contributed by atoms with Crippen LogP contribution in [-0.4, -0.2) is 23.0 Å². The predicted octanol–water partition coefficient (Wildman–Crippen LogP) is 3.56. The Labute approximate surface area is 137 Å². The molecule has 1 amide bonds. The van der Waals surface area contributed by atoms with Gasteiger partial charge in [-0.15, -0.1) is 0 Å². The van der Waals surface area contributed by atoms with Gasteiger partial charge >= 0.3 is 5.97 Å². The van der Waals surface area contributed by atoms with Crippen molar-refractivity contribution in [3.8, 4) is 0 Å². The smallest absolute Gasteiger partial charge is 0.305 e. The quantitative estimate of drug-likeness (QED) is 0.747. The highest BCUT2D eigenvalue weighted by molar-refractivity contribution is 14.1. The summed E-state index contributed by atoms with van der Waals surface area (Å²) in [4.78, 5) is 23.1. The van der Waals surface area contributed by atoms with Crippen LogP contribution >= 0.6 is 34.2 Å². The van der Waals surface area contributed by atoms with Crippen molar-refractivity contribution >= 4 is 46.1 Å². The molecule has 4 nitrogen and oxygen atoms in total. The summed E-state index contributed by atoms with van der Waals surface area (Å²) in [6.07, 6.45) is -0.118. The van der Waals surface area contributed by atoms with Crippen LogP contribution in [0.4, 0.5) is 0 Å². The number of carboxylic acids is 1. The van der Waals surface area contributed by atoms with Gasteiger partial charge in [0.15, 0.2) is 0 Å². The Morgan fingerprint density at radius 2 is 2.00 bits per heavy atom. The van der Waals surface area contributed by atoms with E-state index in [-0.39, 0.29) is 17.7 Å². The van der Waals surface area contributed by atoms with Crippen LogP contribution < -0.4 is 5.32 Å². The molecule has 1 aromatic carbocycles. The standard InChI is InChI=1S/C14H17ClINO3/c1-14(2,3)11(7-12(18)19)17-13(20)8-4-5-10(16)9(15)6-8/h4-6,11H,7H2,1-3H3,(H,17,20)(H,18,19). The summed E-state index contributed by atoms with van der Waals surface area (Å²) in [7, 11) is 0. The molecule has 0 fully saturated rings. The van der Waals surface area contributed by atoms with Crippen molar-refractivity contribution in [1.82, 2.24) is 5.32 Å². The molecule has 1 unspecified atom stereocenters. The minimum absolute atomic E-state index is 0.118. The molecular weight excluding hydrogens is 393 g/mol. The van der Waals surface area contributed by atoms with E-state index in [2.05, 4.69) is 27.9 Å². The molecule has 1 aromatic rings. The summed E-state index contributed by atoms with van der Waals surface area (Å²) in [5.41, 5.74) is 0.0798. The summed E-state index contributed by atoms with van der Waals surface area (Å²) < 4.78 is 0.860. The second kappa shape index (κ2) is 6.76. The molecular formula is C14H17ClINO3. The number of rotatable bonds is 4. The number of benzene rings is 1. The third kappa shape index (κ3) is 4.94. The molecule has 0 bridgehead atoms. The molecule has 2 N–H and O–H groups in total. The third-order valence-corrected chi connectivity index (χ3v) is 4.48. The number of nitrogens with one attached hydrogen (secondary N) is 1. The second-order valence-corrected chi connectivity index (χ2v) is 7.19. The first-order valence-electron chi connectivity index (χ1n) is 6.09. The maximum atomic E-state index is 12.2. The zero-order chi connectivity index (χ0) is 15.5. The summed E-state index contributed by atoms with van der Waals surface area (Å²) >= 11 is 8.06. The maximum absolute atomic E-state index is 12.2. The first kappa shape index (κ1) is 17.2. The van der Waals surface area contributed by atoms with Crippen molar-refractivity contribution < 1.29 is 14.7 Å². The Morgan fingerprint density at radius 3 is 2.45 bits per heavy atom. The Kier molecular flexibility index (Phi) is 5.82. The fourth-order valence-corrected chi connectivity index (χ4v) is 2.14. The molecule has 0 aliphatic rings. The highest BCUT2D eigenvalue weighted by Crippen LogP contribution is 2.23. The lowest BCUT2D eigenvalue weighted by Gasteiger charge is -2.30. The van der Waals surface area contributed by atoms with E-state index in [1.807, 2.05) is 20.8 Å². The fraction of sp³-hybridized carbons (Fsp3) is 0.429. The Morgan fingerprint density at radius 1 is 1.40 bits per heavy atom. The van der Waals surface area contributed by atoms with Crippen molar-refractivity contribution in [2.75, 3.05) is 0 Å². The zero-order valence-electron chi connectivity index (χ0n) is 11.5. The number of amides is 1. The SMILES string of the molecule is CC(C)(C)C(CC(=O)O)NC(=O)c1ccc(I)c(Cl)c1. The van der Waals surface area contributed by atoms with Gasteiger partial charge < -0.3 is 10.4 Å². The van der Waals surface area contributed by atoms with Gasteiger partial charge in [0.25, 0.3) is 5.91 Å². The number of carbonyl (C=O) groups is 2. The fourth-order valence-electron chi connectivity index (χ4n) is 1.63. The van der Waals surface area contributed by atoms with E-state index in [1.54, 1.807) is 18.2 Å². The number of halogens is 2. The van der Waals surface area contributed by atoms with Gasteiger partial charge in [-0.2, -0.15) is 0 Å². The topological polar surface area (TPSA) is 66.4 Å². The highest BCUT2D eigenvalue weighted by Gasteiger charge is 2.28. The summed E-state index contributed by atoms with van der Waals surface area (Å²) in [5, 5.41) is 12.2. The molecule has 0 saturated carbocycles. The molecule has 20 heavy (non-hydrogen) atoms. The van der Waals surface area contributed by atoms with Gasteiger partial charge in [-0.05, 0) is 46.2 Å². The molecule has 0 radical (unpaired) electrons. The van der Waals surface area contributed by atoms with Gasteiger partial charge in [0.1, 0.15) is 0 Å². The van der Waals surface area contributed by atoms with E-state index in [1.165, 1.54) is 0 Å². The minimum atomic E-state index is -0.939. The third-order valence-electron chi connectivity index (χ3n) is 2.91. The van der Waals surface area contributed by atoms with Gasteiger partial charge in [-0.1, -0.05) is 32.4 Å². The van der Waals surface area contributed by atoms with Crippen LogP contribution in [0.5, 0.6) is 0 Å². The highest BCUT2D eigenvalue weighted by atomic mass is 127. The monoisotopic (exact) mass is 409 g/mol. The van der Waals surface area contributed by atoms with Gasteiger partial charge in [-0.25, -0.2) is 0 Å². The zero-order valence-corrected chi connectivity index (χ0v) is 14.4. The molecule has 0 aliphatic heterocycles. The number of carbonyl (C=O) groups excluding carboxylic acids is 1. The van der Waals surface area contributed by atoms with E-state index in [0.717, 1.165) is 3.57 Å². The van der Waals surface area contributed by atoms with Crippen molar-refractivity contribution in [2.24, 2.45) is 5.41 Å². The molecule has 0 aliphatic carbocycles. The van der Waals surface area contributed by atoms with E-state index in [9.17, 15) is 9.59 Å². The minimum Gasteiger partial charge on any atom is -0.481 e. The molecule has 0 heterocycles. The largest absolute Gasteiger partial charge is 0.481 e. The molecule has 0 saturated heterocycles. The number of hydrogen-bond acceptors (Lipinski definition) is 2. The second-order valence-electron chi connectivity index (χ2n) is 5.62. The van der Waals surface area contributed by atoms with Crippen molar-refractivity contribution in [3.05, 3.63) is 32.4 Å². The molecule has 110 valence electrons. The van der Waals surface area contributed by atoms with Crippen molar-refractivity contribution in [1.29, 1.82) is 0 Å². The van der Waals surface area contributed by atoms with Gasteiger partial charge in [0, 0.05) is 15.2 Å². The number of aliphatic carboxylic acids is 1. The predicted molar refractivity (Wildman–Crippen MR) is 87.1 cm³/mol. The number of hydrogen-bond donors (Lipinski definition) is 2. The van der Waals surface area contributed by atoms with Gasteiger partial charge in [0.05, 0.1) is 11.4 Å². The lowest BCUT2D eigenvalue weighted by molar-refractivity contribution is -0.138. The van der Waals surface area contributed by atoms with Crippen molar-refractivity contribution in [2.45, 2.75) is 33.2 Å². The van der Waals surface area contributed by atoms with Crippen LogP contribution in [0.3, 0.4) is 0 Å². The molecule has 1 rings (SSSR count). The first-order valence-corrected chi connectivity index (χ1v) is 7.54. The van der Waals surface area contributed by atoms with E-state index < -0.39 is 12.0 Å². The normalized spacial score (nSPS) is 12.8. The van der Waals surface area contributed by atoms with Gasteiger partial charge in [-0.3, -0.25) is 9.59 Å². The van der Waals surface area contributed by atoms with Crippen LogP contribution in [0.15, 0.2) is 18.2 Å². The van der Waals surface area contributed by atoms with Crippen LogP contribution in [0.25, 0.3) is 0 Å². The summed E-state index contributed by atoms with van der Waals surface area (Å²) in [5.74, 6) is -1.25. The average Bonchev–Trinajstić information content (AvgIpc) is 2.30. The van der Waals surface area contributed by atoms with E-state index >= 15 is 0 Å². The maximum Gasteiger partial charge on any atom is 0.305 e. The Bertz CT molecular complexity index is 526. The molecule has 1 atom stereocenters. The van der Waals surface area contributed by atoms with E-state index in [4.69, 9.17) is 16.7 Å². The lowest BCUT2D eigenvalue weighted by Crippen LogP contribution is -2.45. The molecule has 0 spiro atoms. The average molecular weight is 410 g/mol. The molecule has 0 aromatic heterocycles. The molecule has 6 heteroatoms. The lowest BCUT2D eigenvalue weighted by atomic mass is 9.84. The van der Waals surface area contributed by atoms with Crippen LogP contribution in [0, 0.1) is 8.99 Å². The summed E-state index contributed by atoms with van der Waals surface area (Å²) in [6, 6.07) is 4.55. The van der Waals surface area contributed by atoms with Crippen LogP contribution in [0.2, 0.25) is 5.02 Å². The van der Waals surface area contributed by atoms with E-state index in [0.29, 0.717) is 10.6 Å². The summed E-state index contributed by atoms with van der Waals surface area (Å²) in [6.45, 7) is 5.67. The van der Waals surface area contributed by atoms with Gasteiger partial charge in [0.2, 0.25) is 0 Å². The number of carboxylic acid groups (broad SMARTS) is 1. The van der Waals surface area contributed by atoms with Crippen LogP contribution in [-0.2, 0) is 4.79 Å². The van der Waals surface area contributed by atoms with Crippen LogP contribution in [0.1, 0.15) is 37.6 Å². The first-order chi connectivity index (χ1) is 9.11. The van der Waals surface area contributed by atoms with Crippen molar-refractivity contribution in [3.63, 3.8) is 0 Å². The Balaban J connectivity index is 2.90. The Hall–Kier alpha value is -0.820.